The van der Waals surface area contributed by atoms with Gasteiger partial charge < -0.3 is 9.88 Å². The first-order valence-electron chi connectivity index (χ1n) is 12.0. The fourth-order valence-electron chi connectivity index (χ4n) is 4.68. The number of anilines is 1. The monoisotopic (exact) mass is 508 g/mol. The first-order chi connectivity index (χ1) is 17.3. The van der Waals surface area contributed by atoms with Crippen LogP contribution in [0, 0.1) is 0 Å². The number of sulfonamides is 1. The molecule has 1 saturated heterocycles. The zero-order valence-corrected chi connectivity index (χ0v) is 21.0. The molecule has 0 saturated carbocycles. The van der Waals surface area contributed by atoms with E-state index < -0.39 is 10.0 Å². The molecule has 0 radical (unpaired) electrons. The fraction of sp³-hybridized carbons (Fsp3) is 0.320. The molecule has 0 bridgehead atoms. The summed E-state index contributed by atoms with van der Waals surface area (Å²) < 4.78 is 30.8. The van der Waals surface area contributed by atoms with Crippen LogP contribution in [0.25, 0.3) is 22.3 Å². The van der Waals surface area contributed by atoms with Gasteiger partial charge in [0.2, 0.25) is 10.0 Å². The molecule has 1 N–H and O–H groups in total. The van der Waals surface area contributed by atoms with Crippen LogP contribution in [-0.4, -0.2) is 58.0 Å². The van der Waals surface area contributed by atoms with E-state index in [1.165, 1.54) is 8.87 Å². The maximum absolute atomic E-state index is 13.3. The van der Waals surface area contributed by atoms with Crippen molar-refractivity contribution in [2.45, 2.75) is 31.8 Å². The number of H-pyrrole nitrogens is 1. The van der Waals surface area contributed by atoms with Crippen molar-refractivity contribution < 1.29 is 8.42 Å². The van der Waals surface area contributed by atoms with Gasteiger partial charge in [0.25, 0.3) is 5.56 Å². The summed E-state index contributed by atoms with van der Waals surface area (Å²) in [5, 5.41) is 0. The van der Waals surface area contributed by atoms with Gasteiger partial charge in [-0.2, -0.15) is 4.31 Å². The number of piperazine rings is 1. The summed E-state index contributed by atoms with van der Waals surface area (Å²) in [5.74, 6) is 0.844. The summed E-state index contributed by atoms with van der Waals surface area (Å²) in [4.78, 5) is 35.2. The number of pyridine rings is 1. The van der Waals surface area contributed by atoms with Gasteiger partial charge in [-0.1, -0.05) is 18.2 Å². The van der Waals surface area contributed by atoms with E-state index in [4.69, 9.17) is 0 Å². The molecule has 4 heterocycles. The quantitative estimate of drug-likeness (QED) is 0.427. The van der Waals surface area contributed by atoms with Crippen LogP contribution in [0.4, 0.5) is 5.82 Å². The molecule has 188 valence electrons. The van der Waals surface area contributed by atoms with Crippen molar-refractivity contribution in [2.75, 3.05) is 31.1 Å². The molecule has 1 fully saturated rings. The highest BCUT2D eigenvalue weighted by atomic mass is 32.2. The molecule has 0 amide bonds. The Morgan fingerprint density at radius 1 is 0.917 bits per heavy atom. The maximum atomic E-state index is 13.3. The third-order valence-corrected chi connectivity index (χ3v) is 8.57. The Bertz CT molecular complexity index is 1610. The second-order valence-corrected chi connectivity index (χ2v) is 10.6. The number of hydrogen-bond acceptors (Lipinski definition) is 6. The Hall–Kier alpha value is -3.70. The highest BCUT2D eigenvalue weighted by molar-refractivity contribution is 7.89. The van der Waals surface area contributed by atoms with Crippen LogP contribution >= 0.6 is 0 Å². The van der Waals surface area contributed by atoms with Gasteiger partial charge in [0, 0.05) is 51.2 Å². The Kier molecular flexibility index (Phi) is 6.27. The molecular weight excluding hydrogens is 480 g/mol. The molecule has 5 rings (SSSR count). The molecule has 0 aliphatic carbocycles. The first-order valence-corrected chi connectivity index (χ1v) is 13.4. The van der Waals surface area contributed by atoms with Crippen LogP contribution in [0.2, 0.25) is 0 Å². The Balaban J connectivity index is 1.40. The van der Waals surface area contributed by atoms with Crippen LogP contribution in [0.15, 0.2) is 69.2 Å². The van der Waals surface area contributed by atoms with E-state index in [0.29, 0.717) is 49.5 Å². The van der Waals surface area contributed by atoms with Gasteiger partial charge >= 0.3 is 5.69 Å². The van der Waals surface area contributed by atoms with Crippen LogP contribution in [-0.2, 0) is 23.1 Å². The second kappa shape index (κ2) is 9.40. The number of aryl methyl sites for hydroxylation is 1. The number of nitrogens with zero attached hydrogens (tertiary/aromatic N) is 5. The molecule has 3 aromatic heterocycles. The SMILES string of the molecule is CCn1c(=O)c2[nH]c(-c3ccc(S(=O)(=O)N4CCN(c5ccccn5)CC4)cc3)cc2n(CC)c1=O. The average Bonchev–Trinajstić information content (AvgIpc) is 3.35. The smallest absolute Gasteiger partial charge is 0.331 e. The van der Waals surface area contributed by atoms with Crippen molar-refractivity contribution in [1.29, 1.82) is 0 Å². The van der Waals surface area contributed by atoms with Crippen LogP contribution < -0.4 is 16.1 Å². The summed E-state index contributed by atoms with van der Waals surface area (Å²) in [6.07, 6.45) is 1.73. The molecule has 1 aliphatic rings. The third kappa shape index (κ3) is 4.03. The lowest BCUT2D eigenvalue weighted by molar-refractivity contribution is 0.384. The van der Waals surface area contributed by atoms with E-state index in [-0.39, 0.29) is 22.7 Å². The van der Waals surface area contributed by atoms with E-state index in [1.54, 1.807) is 48.0 Å². The predicted molar refractivity (Wildman–Crippen MR) is 139 cm³/mol. The van der Waals surface area contributed by atoms with E-state index in [1.807, 2.05) is 25.1 Å². The van der Waals surface area contributed by atoms with Gasteiger partial charge in [-0.3, -0.25) is 13.9 Å². The number of nitrogens with one attached hydrogen (secondary N) is 1. The molecule has 10 nitrogen and oxygen atoms in total. The van der Waals surface area contributed by atoms with Crippen molar-refractivity contribution in [3.63, 3.8) is 0 Å². The Labute approximate surface area is 208 Å². The number of benzene rings is 1. The zero-order chi connectivity index (χ0) is 25.4. The Morgan fingerprint density at radius 2 is 1.61 bits per heavy atom. The molecular formula is C25H28N6O4S. The summed E-state index contributed by atoms with van der Waals surface area (Å²) in [6, 6.07) is 14.1. The minimum absolute atomic E-state index is 0.215. The average molecular weight is 509 g/mol. The minimum Gasteiger partial charge on any atom is -0.354 e. The molecule has 0 unspecified atom stereocenters. The normalized spacial score (nSPS) is 15.0. The Morgan fingerprint density at radius 3 is 2.22 bits per heavy atom. The van der Waals surface area contributed by atoms with E-state index >= 15 is 0 Å². The van der Waals surface area contributed by atoms with Gasteiger partial charge in [-0.25, -0.2) is 18.2 Å². The van der Waals surface area contributed by atoms with Gasteiger partial charge in [0.05, 0.1) is 10.4 Å². The van der Waals surface area contributed by atoms with E-state index in [2.05, 4.69) is 14.9 Å². The number of aromatic amines is 1. The van der Waals surface area contributed by atoms with Crippen LogP contribution in [0.1, 0.15) is 13.8 Å². The largest absolute Gasteiger partial charge is 0.354 e. The van der Waals surface area contributed by atoms with Crippen molar-refractivity contribution in [1.82, 2.24) is 23.4 Å². The van der Waals surface area contributed by atoms with Crippen molar-refractivity contribution in [3.8, 4) is 11.3 Å². The summed E-state index contributed by atoms with van der Waals surface area (Å²) in [5.41, 5.74) is 1.56. The third-order valence-electron chi connectivity index (χ3n) is 6.66. The molecule has 0 atom stereocenters. The molecule has 11 heteroatoms. The first kappa shape index (κ1) is 24.0. The number of hydrogen-bond donors (Lipinski definition) is 1. The summed E-state index contributed by atoms with van der Waals surface area (Å²) in [7, 11) is -3.65. The van der Waals surface area contributed by atoms with Crippen LogP contribution in [0.3, 0.4) is 0 Å². The maximum Gasteiger partial charge on any atom is 0.331 e. The van der Waals surface area contributed by atoms with Gasteiger partial charge in [0.15, 0.2) is 0 Å². The predicted octanol–water partition coefficient (Wildman–Crippen LogP) is 2.10. The lowest BCUT2D eigenvalue weighted by Gasteiger charge is -2.34. The van der Waals surface area contributed by atoms with Gasteiger partial charge in [-0.15, -0.1) is 0 Å². The van der Waals surface area contributed by atoms with Gasteiger partial charge in [0.1, 0.15) is 11.3 Å². The lowest BCUT2D eigenvalue weighted by atomic mass is 10.1. The topological polar surface area (TPSA) is 113 Å². The van der Waals surface area contributed by atoms with Crippen molar-refractivity contribution in [3.05, 3.63) is 75.6 Å². The molecule has 0 spiro atoms. The number of aromatic nitrogens is 4. The summed E-state index contributed by atoms with van der Waals surface area (Å²) >= 11 is 0. The van der Waals surface area contributed by atoms with Gasteiger partial charge in [-0.05, 0) is 49.7 Å². The van der Waals surface area contributed by atoms with Crippen molar-refractivity contribution in [2.24, 2.45) is 0 Å². The second-order valence-electron chi connectivity index (χ2n) is 8.62. The zero-order valence-electron chi connectivity index (χ0n) is 20.2. The minimum atomic E-state index is -3.65. The summed E-state index contributed by atoms with van der Waals surface area (Å²) in [6.45, 7) is 6.21. The highest BCUT2D eigenvalue weighted by Gasteiger charge is 2.29. The molecule has 36 heavy (non-hydrogen) atoms. The lowest BCUT2D eigenvalue weighted by Crippen LogP contribution is -2.48. The molecule has 4 aromatic rings. The standard InChI is InChI=1S/C25H28N6O4S/c1-3-30-21-17-20(27-23(21)24(32)31(4-2)25(30)33)18-8-10-19(11-9-18)36(34,35)29-15-13-28(14-16-29)22-7-5-6-12-26-22/h5-12,17,27H,3-4,13-16H2,1-2H3. The number of rotatable bonds is 6. The van der Waals surface area contributed by atoms with Crippen LogP contribution in [0.5, 0.6) is 0 Å². The fourth-order valence-corrected chi connectivity index (χ4v) is 6.11. The molecule has 1 aromatic carbocycles. The van der Waals surface area contributed by atoms with Crippen molar-refractivity contribution >= 4 is 26.9 Å². The van der Waals surface area contributed by atoms with E-state index in [0.717, 1.165) is 11.4 Å². The van der Waals surface area contributed by atoms with E-state index in [9.17, 15) is 18.0 Å². The highest BCUT2D eigenvalue weighted by Crippen LogP contribution is 2.26. The molecule has 1 aliphatic heterocycles. The number of fused-ring (bicyclic) bond motifs is 1.